The third-order valence-corrected chi connectivity index (χ3v) is 1.89. The Morgan fingerprint density at radius 2 is 2.07 bits per heavy atom. The SMILES string of the molecule is CC.CC1C=CC(Cl)=C(C#N)C(O)=C1. The second-order valence-corrected chi connectivity index (χ2v) is 3.01. The molecule has 3 heteroatoms. The Labute approximate surface area is 89.8 Å². The predicted molar refractivity (Wildman–Crippen MR) is 58.9 cm³/mol. The number of nitrogens with zero attached hydrogens (tertiary/aromatic N) is 1. The van der Waals surface area contributed by atoms with E-state index in [0.29, 0.717) is 0 Å². The van der Waals surface area contributed by atoms with Crippen LogP contribution in [0.4, 0.5) is 0 Å². The van der Waals surface area contributed by atoms with E-state index in [1.54, 1.807) is 12.2 Å². The van der Waals surface area contributed by atoms with Gasteiger partial charge in [0.15, 0.2) is 0 Å². The van der Waals surface area contributed by atoms with Gasteiger partial charge in [-0.2, -0.15) is 5.26 Å². The summed E-state index contributed by atoms with van der Waals surface area (Å²) in [6, 6.07) is 1.84. The number of aliphatic hydroxyl groups is 1. The molecule has 0 fully saturated rings. The lowest BCUT2D eigenvalue weighted by molar-refractivity contribution is 0.422. The van der Waals surface area contributed by atoms with E-state index in [2.05, 4.69) is 0 Å². The highest BCUT2D eigenvalue weighted by Gasteiger charge is 2.11. The molecule has 0 saturated heterocycles. The van der Waals surface area contributed by atoms with Gasteiger partial charge in [0.05, 0.1) is 5.03 Å². The zero-order valence-electron chi connectivity index (χ0n) is 8.58. The Balaban J connectivity index is 0.000000791. The van der Waals surface area contributed by atoms with Gasteiger partial charge < -0.3 is 5.11 Å². The molecular weight excluding hydrogens is 198 g/mol. The maximum atomic E-state index is 9.35. The fraction of sp³-hybridized carbons (Fsp3) is 0.364. The Kier molecular flexibility index (Phi) is 5.74. The van der Waals surface area contributed by atoms with Crippen molar-refractivity contribution < 1.29 is 5.11 Å². The third kappa shape index (κ3) is 3.27. The Bertz CT molecular complexity index is 321. The van der Waals surface area contributed by atoms with Crippen molar-refractivity contribution in [3.05, 3.63) is 34.6 Å². The number of halogens is 1. The lowest BCUT2D eigenvalue weighted by atomic mass is 10.1. The van der Waals surface area contributed by atoms with Crippen molar-refractivity contribution in [1.82, 2.24) is 0 Å². The molecule has 1 atom stereocenters. The van der Waals surface area contributed by atoms with E-state index in [1.165, 1.54) is 0 Å². The fourth-order valence-corrected chi connectivity index (χ4v) is 1.15. The summed E-state index contributed by atoms with van der Waals surface area (Å²) in [6.45, 7) is 5.90. The van der Waals surface area contributed by atoms with Crippen LogP contribution in [0.15, 0.2) is 34.6 Å². The summed E-state index contributed by atoms with van der Waals surface area (Å²) in [4.78, 5) is 0. The molecular formula is C11H14ClNO. The molecule has 0 heterocycles. The minimum absolute atomic E-state index is 0.0417. The quantitative estimate of drug-likeness (QED) is 0.664. The van der Waals surface area contributed by atoms with E-state index in [1.807, 2.05) is 32.9 Å². The van der Waals surface area contributed by atoms with E-state index < -0.39 is 0 Å². The first-order valence-corrected chi connectivity index (χ1v) is 4.92. The van der Waals surface area contributed by atoms with Gasteiger partial charge in [-0.3, -0.25) is 0 Å². The molecule has 0 aromatic carbocycles. The highest BCUT2D eigenvalue weighted by Crippen LogP contribution is 2.22. The summed E-state index contributed by atoms with van der Waals surface area (Å²) in [5.41, 5.74) is 0.136. The second kappa shape index (κ2) is 6.28. The highest BCUT2D eigenvalue weighted by molar-refractivity contribution is 6.32. The van der Waals surface area contributed by atoms with Gasteiger partial charge in [-0.15, -0.1) is 0 Å². The van der Waals surface area contributed by atoms with Crippen molar-refractivity contribution in [2.24, 2.45) is 5.92 Å². The molecule has 0 aromatic rings. The molecule has 2 nitrogen and oxygen atoms in total. The van der Waals surface area contributed by atoms with Crippen molar-refractivity contribution in [2.45, 2.75) is 20.8 Å². The molecule has 0 aliphatic heterocycles. The highest BCUT2D eigenvalue weighted by atomic mass is 35.5. The van der Waals surface area contributed by atoms with Crippen LogP contribution < -0.4 is 0 Å². The summed E-state index contributed by atoms with van der Waals surface area (Å²) in [5, 5.41) is 18.2. The molecule has 0 aromatic heterocycles. The maximum absolute atomic E-state index is 9.35. The van der Waals surface area contributed by atoms with Crippen LogP contribution >= 0.6 is 11.6 Å². The smallest absolute Gasteiger partial charge is 0.131 e. The van der Waals surface area contributed by atoms with Gasteiger partial charge in [0, 0.05) is 0 Å². The normalized spacial score (nSPS) is 20.2. The number of rotatable bonds is 0. The number of nitriles is 1. The second-order valence-electron chi connectivity index (χ2n) is 2.60. The zero-order chi connectivity index (χ0) is 11.1. The number of allylic oxidation sites excluding steroid dienone is 5. The van der Waals surface area contributed by atoms with Crippen molar-refractivity contribution in [1.29, 1.82) is 5.26 Å². The average Bonchev–Trinajstić information content (AvgIpc) is 2.29. The van der Waals surface area contributed by atoms with Crippen LogP contribution in [-0.2, 0) is 0 Å². The molecule has 1 aliphatic carbocycles. The number of hydrogen-bond acceptors (Lipinski definition) is 2. The van der Waals surface area contributed by atoms with Crippen LogP contribution in [0.5, 0.6) is 0 Å². The first-order chi connectivity index (χ1) is 6.65. The van der Waals surface area contributed by atoms with E-state index in [-0.39, 0.29) is 22.3 Å². The van der Waals surface area contributed by atoms with Gasteiger partial charge in [-0.1, -0.05) is 38.4 Å². The van der Waals surface area contributed by atoms with Crippen LogP contribution in [-0.4, -0.2) is 5.11 Å². The van der Waals surface area contributed by atoms with Crippen molar-refractivity contribution >= 4 is 11.6 Å². The zero-order valence-corrected chi connectivity index (χ0v) is 9.34. The molecule has 1 rings (SSSR count). The molecule has 0 saturated carbocycles. The summed E-state index contributed by atoms with van der Waals surface area (Å²) >= 11 is 5.72. The van der Waals surface area contributed by atoms with Gasteiger partial charge in [-0.25, -0.2) is 0 Å². The number of hydrogen-bond donors (Lipinski definition) is 1. The molecule has 0 amide bonds. The minimum atomic E-state index is -0.0417. The van der Waals surface area contributed by atoms with Gasteiger partial charge in [-0.05, 0) is 18.1 Å². The molecule has 0 spiro atoms. The van der Waals surface area contributed by atoms with Crippen LogP contribution in [0.2, 0.25) is 0 Å². The summed E-state index contributed by atoms with van der Waals surface area (Å²) in [5.74, 6) is 0.0598. The minimum Gasteiger partial charge on any atom is -0.507 e. The molecule has 14 heavy (non-hydrogen) atoms. The Morgan fingerprint density at radius 3 is 2.57 bits per heavy atom. The molecule has 1 N–H and O–H groups in total. The van der Waals surface area contributed by atoms with E-state index in [0.717, 1.165) is 0 Å². The van der Waals surface area contributed by atoms with Gasteiger partial charge in [0.1, 0.15) is 17.4 Å². The molecule has 0 radical (unpaired) electrons. The first-order valence-electron chi connectivity index (χ1n) is 4.54. The van der Waals surface area contributed by atoms with Gasteiger partial charge >= 0.3 is 0 Å². The van der Waals surface area contributed by atoms with Crippen LogP contribution in [0.25, 0.3) is 0 Å². The third-order valence-electron chi connectivity index (χ3n) is 1.57. The van der Waals surface area contributed by atoms with Crippen LogP contribution in [0.1, 0.15) is 20.8 Å². The molecule has 1 unspecified atom stereocenters. The largest absolute Gasteiger partial charge is 0.507 e. The Hall–Kier alpha value is -1.20. The van der Waals surface area contributed by atoms with Crippen LogP contribution in [0, 0.1) is 17.2 Å². The lowest BCUT2D eigenvalue weighted by Crippen LogP contribution is -1.88. The summed E-state index contributed by atoms with van der Waals surface area (Å²) in [7, 11) is 0. The van der Waals surface area contributed by atoms with Crippen LogP contribution in [0.3, 0.4) is 0 Å². The first kappa shape index (κ1) is 12.8. The lowest BCUT2D eigenvalue weighted by Gasteiger charge is -1.97. The van der Waals surface area contributed by atoms with E-state index in [4.69, 9.17) is 16.9 Å². The van der Waals surface area contributed by atoms with Gasteiger partial charge in [0.2, 0.25) is 0 Å². The standard InChI is InChI=1S/C9H8ClNO.C2H6/c1-6-2-3-8(10)7(5-11)9(12)4-6;1-2/h2-4,6,12H,1H3;1-2H3. The summed E-state index contributed by atoms with van der Waals surface area (Å²) < 4.78 is 0. The fourth-order valence-electron chi connectivity index (χ4n) is 0.941. The van der Waals surface area contributed by atoms with Crippen molar-refractivity contribution in [2.75, 3.05) is 0 Å². The topological polar surface area (TPSA) is 44.0 Å². The monoisotopic (exact) mass is 211 g/mol. The number of aliphatic hydroxyl groups excluding tert-OH is 1. The average molecular weight is 212 g/mol. The molecule has 76 valence electrons. The van der Waals surface area contributed by atoms with Gasteiger partial charge in [0.25, 0.3) is 0 Å². The predicted octanol–water partition coefficient (Wildman–Crippen LogP) is 3.68. The maximum Gasteiger partial charge on any atom is 0.131 e. The van der Waals surface area contributed by atoms with E-state index >= 15 is 0 Å². The summed E-state index contributed by atoms with van der Waals surface area (Å²) in [6.07, 6.45) is 5.04. The molecule has 1 aliphatic rings. The Morgan fingerprint density at radius 1 is 1.50 bits per heavy atom. The van der Waals surface area contributed by atoms with Crippen molar-refractivity contribution in [3.63, 3.8) is 0 Å². The van der Waals surface area contributed by atoms with E-state index in [9.17, 15) is 5.11 Å². The van der Waals surface area contributed by atoms with Crippen molar-refractivity contribution in [3.8, 4) is 6.07 Å². The molecule has 0 bridgehead atoms.